The second-order valence-electron chi connectivity index (χ2n) is 6.12. The smallest absolute Gasteiger partial charge is 0.225 e. The minimum Gasteiger partial charge on any atom is -0.352 e. The molecule has 1 heterocycles. The van der Waals surface area contributed by atoms with Gasteiger partial charge in [0.15, 0.2) is 5.96 Å². The molecule has 134 valence electrons. The zero-order chi connectivity index (χ0) is 16.8. The summed E-state index contributed by atoms with van der Waals surface area (Å²) in [6, 6.07) is 8.46. The third kappa shape index (κ3) is 6.23. The number of aliphatic imine (C=N–C) groups is 1. The second-order valence-corrected chi connectivity index (χ2v) is 7.04. The molecule has 1 amide bonds. The Morgan fingerprint density at radius 3 is 2.62 bits per heavy atom. The van der Waals surface area contributed by atoms with E-state index in [1.54, 1.807) is 7.05 Å². The molecule has 0 radical (unpaired) electrons. The maximum Gasteiger partial charge on any atom is 0.225 e. The van der Waals surface area contributed by atoms with Crippen molar-refractivity contribution in [3.8, 4) is 0 Å². The standard InChI is InChI=1S/C17H25BrN4O.HI/c1-12(2)16(23)22-9-8-15(11-22)21-17(19-3)20-10-13-4-6-14(18)7-5-13;/h4-7,12,15H,8-11H2,1-3H3,(H2,19,20,21);1H. The predicted octanol–water partition coefficient (Wildman–Crippen LogP) is 2.99. The maximum absolute atomic E-state index is 12.0. The zero-order valence-electron chi connectivity index (χ0n) is 14.4. The molecule has 0 spiro atoms. The van der Waals surface area contributed by atoms with Crippen LogP contribution >= 0.6 is 39.9 Å². The first-order chi connectivity index (χ1) is 11.0. The Bertz CT molecular complexity index is 562. The van der Waals surface area contributed by atoms with E-state index < -0.39 is 0 Å². The van der Waals surface area contributed by atoms with Crippen LogP contribution in [-0.2, 0) is 11.3 Å². The lowest BCUT2D eigenvalue weighted by Gasteiger charge is -2.20. The van der Waals surface area contributed by atoms with Gasteiger partial charge in [0.25, 0.3) is 0 Å². The highest BCUT2D eigenvalue weighted by molar-refractivity contribution is 14.0. The van der Waals surface area contributed by atoms with Gasteiger partial charge in [-0.05, 0) is 24.1 Å². The lowest BCUT2D eigenvalue weighted by Crippen LogP contribution is -2.45. The summed E-state index contributed by atoms with van der Waals surface area (Å²) in [5, 5.41) is 6.73. The summed E-state index contributed by atoms with van der Waals surface area (Å²) in [6.07, 6.45) is 0.956. The van der Waals surface area contributed by atoms with Crippen LogP contribution in [0, 0.1) is 5.92 Å². The second kappa shape index (κ2) is 10.2. The largest absolute Gasteiger partial charge is 0.352 e. The van der Waals surface area contributed by atoms with Crippen LogP contribution in [0.25, 0.3) is 0 Å². The lowest BCUT2D eigenvalue weighted by molar-refractivity contribution is -0.133. The van der Waals surface area contributed by atoms with Crippen LogP contribution in [-0.4, -0.2) is 42.9 Å². The van der Waals surface area contributed by atoms with E-state index in [0.717, 1.165) is 29.9 Å². The molecular formula is C17H26BrIN4O. The van der Waals surface area contributed by atoms with E-state index in [0.29, 0.717) is 6.54 Å². The minimum absolute atomic E-state index is 0. The molecule has 1 aromatic carbocycles. The number of carbonyl (C=O) groups excluding carboxylic acids is 1. The molecule has 1 saturated heterocycles. The summed E-state index contributed by atoms with van der Waals surface area (Å²) in [4.78, 5) is 18.2. The Kier molecular flexibility index (Phi) is 9.04. The van der Waals surface area contributed by atoms with Gasteiger partial charge in [0.1, 0.15) is 0 Å². The van der Waals surface area contributed by atoms with Gasteiger partial charge in [0.05, 0.1) is 0 Å². The average Bonchev–Trinajstić information content (AvgIpc) is 3.00. The summed E-state index contributed by atoms with van der Waals surface area (Å²) in [7, 11) is 1.77. The van der Waals surface area contributed by atoms with Gasteiger partial charge in [0, 0.05) is 43.1 Å². The summed E-state index contributed by atoms with van der Waals surface area (Å²) in [5.41, 5.74) is 1.19. The Labute approximate surface area is 169 Å². The summed E-state index contributed by atoms with van der Waals surface area (Å²) < 4.78 is 1.07. The Morgan fingerprint density at radius 2 is 2.04 bits per heavy atom. The van der Waals surface area contributed by atoms with Gasteiger partial charge in [-0.2, -0.15) is 0 Å². The predicted molar refractivity (Wildman–Crippen MR) is 113 cm³/mol. The first-order valence-electron chi connectivity index (χ1n) is 8.00. The Balaban J connectivity index is 0.00000288. The molecule has 1 aliphatic rings. The molecule has 2 N–H and O–H groups in total. The molecule has 1 aromatic rings. The summed E-state index contributed by atoms with van der Waals surface area (Å²) in [6.45, 7) is 6.17. The molecule has 0 aromatic heterocycles. The van der Waals surface area contributed by atoms with Crippen molar-refractivity contribution in [3.05, 3.63) is 34.3 Å². The van der Waals surface area contributed by atoms with E-state index in [1.807, 2.05) is 30.9 Å². The highest BCUT2D eigenvalue weighted by atomic mass is 127. The van der Waals surface area contributed by atoms with Gasteiger partial charge in [-0.3, -0.25) is 9.79 Å². The molecule has 1 unspecified atom stereocenters. The van der Waals surface area contributed by atoms with Crippen molar-refractivity contribution in [1.82, 2.24) is 15.5 Å². The normalized spacial score (nSPS) is 17.6. The van der Waals surface area contributed by atoms with Gasteiger partial charge in [-0.15, -0.1) is 24.0 Å². The van der Waals surface area contributed by atoms with Gasteiger partial charge < -0.3 is 15.5 Å². The molecule has 24 heavy (non-hydrogen) atoms. The molecule has 2 rings (SSSR count). The Morgan fingerprint density at radius 1 is 1.38 bits per heavy atom. The SMILES string of the molecule is CN=C(NCc1ccc(Br)cc1)NC1CCN(C(=O)C(C)C)C1.I. The van der Waals surface area contributed by atoms with Crippen LogP contribution in [0.4, 0.5) is 0 Å². The van der Waals surface area contributed by atoms with Crippen molar-refractivity contribution in [2.75, 3.05) is 20.1 Å². The number of hydrogen-bond donors (Lipinski definition) is 2. The molecule has 5 nitrogen and oxygen atoms in total. The number of likely N-dealkylation sites (tertiary alicyclic amines) is 1. The summed E-state index contributed by atoms with van der Waals surface area (Å²) >= 11 is 3.44. The number of amides is 1. The van der Waals surface area contributed by atoms with Crippen molar-refractivity contribution in [2.45, 2.75) is 32.9 Å². The zero-order valence-corrected chi connectivity index (χ0v) is 18.3. The number of nitrogens with zero attached hydrogens (tertiary/aromatic N) is 2. The van der Waals surface area contributed by atoms with E-state index in [-0.39, 0.29) is 41.8 Å². The molecule has 1 fully saturated rings. The number of guanidine groups is 1. The molecule has 0 bridgehead atoms. The molecular weight excluding hydrogens is 483 g/mol. The van der Waals surface area contributed by atoms with Crippen molar-refractivity contribution in [3.63, 3.8) is 0 Å². The Hall–Kier alpha value is -0.830. The van der Waals surface area contributed by atoms with Crippen molar-refractivity contribution >= 4 is 51.8 Å². The fourth-order valence-electron chi connectivity index (χ4n) is 2.62. The van der Waals surface area contributed by atoms with Crippen molar-refractivity contribution in [1.29, 1.82) is 0 Å². The number of hydrogen-bond acceptors (Lipinski definition) is 2. The fraction of sp³-hybridized carbons (Fsp3) is 0.529. The molecule has 1 aliphatic heterocycles. The third-order valence-electron chi connectivity index (χ3n) is 3.93. The van der Waals surface area contributed by atoms with E-state index in [4.69, 9.17) is 0 Å². The lowest BCUT2D eigenvalue weighted by atomic mass is 10.2. The van der Waals surface area contributed by atoms with Crippen molar-refractivity contribution in [2.24, 2.45) is 10.9 Å². The first-order valence-corrected chi connectivity index (χ1v) is 8.79. The summed E-state index contributed by atoms with van der Waals surface area (Å²) in [5.74, 6) is 1.06. The molecule has 7 heteroatoms. The molecule has 1 atom stereocenters. The van der Waals surface area contributed by atoms with Gasteiger partial charge >= 0.3 is 0 Å². The van der Waals surface area contributed by atoms with Crippen LogP contribution in [0.5, 0.6) is 0 Å². The number of benzene rings is 1. The quantitative estimate of drug-likeness (QED) is 0.373. The van der Waals surface area contributed by atoms with Gasteiger partial charge in [-0.1, -0.05) is 41.9 Å². The number of nitrogens with one attached hydrogen (secondary N) is 2. The van der Waals surface area contributed by atoms with E-state index in [9.17, 15) is 4.79 Å². The maximum atomic E-state index is 12.0. The monoisotopic (exact) mass is 508 g/mol. The highest BCUT2D eigenvalue weighted by Gasteiger charge is 2.27. The van der Waals surface area contributed by atoms with Gasteiger partial charge in [0.2, 0.25) is 5.91 Å². The number of carbonyl (C=O) groups is 1. The first kappa shape index (κ1) is 21.2. The topological polar surface area (TPSA) is 56.7 Å². The molecule has 0 aliphatic carbocycles. The van der Waals surface area contributed by atoms with Crippen molar-refractivity contribution < 1.29 is 4.79 Å². The van der Waals surface area contributed by atoms with E-state index in [1.165, 1.54) is 5.56 Å². The van der Waals surface area contributed by atoms with Crippen LogP contribution in [0.3, 0.4) is 0 Å². The molecule has 0 saturated carbocycles. The van der Waals surface area contributed by atoms with Crippen LogP contribution < -0.4 is 10.6 Å². The van der Waals surface area contributed by atoms with E-state index >= 15 is 0 Å². The number of rotatable bonds is 4. The average molecular weight is 509 g/mol. The minimum atomic E-state index is 0. The highest BCUT2D eigenvalue weighted by Crippen LogP contribution is 2.13. The van der Waals surface area contributed by atoms with Gasteiger partial charge in [-0.25, -0.2) is 0 Å². The number of halogens is 2. The fourth-order valence-corrected chi connectivity index (χ4v) is 2.88. The third-order valence-corrected chi connectivity index (χ3v) is 4.46. The van der Waals surface area contributed by atoms with E-state index in [2.05, 4.69) is 43.7 Å². The van der Waals surface area contributed by atoms with Crippen LogP contribution in [0.1, 0.15) is 25.8 Å². The van der Waals surface area contributed by atoms with Crippen LogP contribution in [0.15, 0.2) is 33.7 Å². The van der Waals surface area contributed by atoms with Crippen LogP contribution in [0.2, 0.25) is 0 Å².